The van der Waals surface area contributed by atoms with Crippen LogP contribution in [-0.2, 0) is 15.7 Å². The van der Waals surface area contributed by atoms with Gasteiger partial charge in [0.15, 0.2) is 0 Å². The quantitative estimate of drug-likeness (QED) is 0.690. The van der Waals surface area contributed by atoms with Crippen LogP contribution in [0.3, 0.4) is 0 Å². The van der Waals surface area contributed by atoms with E-state index in [9.17, 15) is 22.8 Å². The number of hydrogen-bond acceptors (Lipinski definition) is 6. The third-order valence-electron chi connectivity index (χ3n) is 5.58. The zero-order valence-electron chi connectivity index (χ0n) is 18.7. The second kappa shape index (κ2) is 9.50. The predicted molar refractivity (Wildman–Crippen MR) is 111 cm³/mol. The molecule has 0 N–H and O–H groups in total. The number of likely N-dealkylation sites (tertiary alicyclic amines) is 1. The van der Waals surface area contributed by atoms with Gasteiger partial charge in [0, 0.05) is 57.6 Å². The van der Waals surface area contributed by atoms with Crippen LogP contribution in [0.15, 0.2) is 12.4 Å². The molecule has 2 saturated heterocycles. The molecule has 3 rings (SSSR count). The first-order valence-corrected chi connectivity index (χ1v) is 10.9. The Kier molecular flexibility index (Phi) is 7.14. The molecule has 2 aliphatic heterocycles. The molecule has 178 valence electrons. The van der Waals surface area contributed by atoms with E-state index < -0.39 is 17.3 Å². The summed E-state index contributed by atoms with van der Waals surface area (Å²) >= 11 is 0. The number of piperazine rings is 1. The largest absolute Gasteiger partial charge is 0.444 e. The summed E-state index contributed by atoms with van der Waals surface area (Å²) in [6.07, 6.45) is -0.591. The highest BCUT2D eigenvalue weighted by Crippen LogP contribution is 2.28. The summed E-state index contributed by atoms with van der Waals surface area (Å²) in [5.74, 6) is 0.234. The van der Waals surface area contributed by atoms with E-state index in [1.807, 2.05) is 20.8 Å². The lowest BCUT2D eigenvalue weighted by Gasteiger charge is -2.35. The molecule has 2 amide bonds. The number of alkyl halides is 3. The van der Waals surface area contributed by atoms with Crippen LogP contribution >= 0.6 is 0 Å². The van der Waals surface area contributed by atoms with Crippen molar-refractivity contribution in [1.82, 2.24) is 19.8 Å². The Morgan fingerprint density at radius 3 is 2.25 bits per heavy atom. The number of hydrogen-bond donors (Lipinski definition) is 0. The minimum Gasteiger partial charge on any atom is -0.444 e. The number of halogens is 3. The third kappa shape index (κ3) is 6.23. The molecule has 8 nitrogen and oxygen atoms in total. The standard InChI is InChI=1S/C21H30F3N5O3/c1-20(2,3)32-19(31)29-8-4-5-16(29)6-7-17(30)27-9-11-28(12-10-27)18-25-13-15(14-26-18)21(22,23)24/h13-14,16H,4-12H2,1-3H3/t16-/m0/s1. The van der Waals surface area contributed by atoms with Gasteiger partial charge in [-0.05, 0) is 40.0 Å². The van der Waals surface area contributed by atoms with E-state index in [0.717, 1.165) is 25.2 Å². The third-order valence-corrected chi connectivity index (χ3v) is 5.58. The van der Waals surface area contributed by atoms with E-state index in [2.05, 4.69) is 9.97 Å². The first-order valence-electron chi connectivity index (χ1n) is 10.9. The number of carbonyl (C=O) groups excluding carboxylic acids is 2. The normalized spacial score (nSPS) is 19.9. The summed E-state index contributed by atoms with van der Waals surface area (Å²) < 4.78 is 43.4. The Labute approximate surface area is 185 Å². The summed E-state index contributed by atoms with van der Waals surface area (Å²) in [7, 11) is 0. The maximum absolute atomic E-state index is 12.7. The summed E-state index contributed by atoms with van der Waals surface area (Å²) in [5.41, 5.74) is -1.45. The second-order valence-corrected chi connectivity index (χ2v) is 9.15. The number of carbonyl (C=O) groups is 2. The summed E-state index contributed by atoms with van der Waals surface area (Å²) in [5, 5.41) is 0. The van der Waals surface area contributed by atoms with E-state index in [4.69, 9.17) is 4.74 Å². The minimum atomic E-state index is -4.47. The Morgan fingerprint density at radius 2 is 1.69 bits per heavy atom. The Balaban J connectivity index is 1.46. The number of anilines is 1. The van der Waals surface area contributed by atoms with Crippen LogP contribution in [0.2, 0.25) is 0 Å². The summed E-state index contributed by atoms with van der Waals surface area (Å²) in [6.45, 7) is 7.92. The first-order chi connectivity index (χ1) is 14.9. The van der Waals surface area contributed by atoms with Crippen LogP contribution in [0.25, 0.3) is 0 Å². The van der Waals surface area contributed by atoms with E-state index in [-0.39, 0.29) is 24.0 Å². The number of amides is 2. The average molecular weight is 457 g/mol. The number of nitrogens with zero attached hydrogens (tertiary/aromatic N) is 5. The molecule has 0 unspecified atom stereocenters. The smallest absolute Gasteiger partial charge is 0.419 e. The zero-order valence-corrected chi connectivity index (χ0v) is 18.7. The molecule has 0 radical (unpaired) electrons. The average Bonchev–Trinajstić information content (AvgIpc) is 3.19. The molecule has 1 atom stereocenters. The van der Waals surface area contributed by atoms with Gasteiger partial charge in [-0.15, -0.1) is 0 Å². The number of aromatic nitrogens is 2. The molecule has 32 heavy (non-hydrogen) atoms. The van der Waals surface area contributed by atoms with Crippen LogP contribution in [0.1, 0.15) is 52.0 Å². The molecule has 2 fully saturated rings. The fourth-order valence-corrected chi connectivity index (χ4v) is 3.93. The maximum atomic E-state index is 12.7. The van der Waals surface area contributed by atoms with Crippen LogP contribution in [0.4, 0.5) is 23.9 Å². The minimum absolute atomic E-state index is 0.00404. The number of ether oxygens (including phenoxy) is 1. The van der Waals surface area contributed by atoms with Crippen molar-refractivity contribution in [1.29, 1.82) is 0 Å². The van der Waals surface area contributed by atoms with E-state index in [1.54, 1.807) is 14.7 Å². The summed E-state index contributed by atoms with van der Waals surface area (Å²) in [4.78, 5) is 37.9. The van der Waals surface area contributed by atoms with Crippen molar-refractivity contribution in [2.75, 3.05) is 37.6 Å². The van der Waals surface area contributed by atoms with E-state index >= 15 is 0 Å². The Bertz CT molecular complexity index is 802. The van der Waals surface area contributed by atoms with Gasteiger partial charge in [0.1, 0.15) is 5.60 Å². The maximum Gasteiger partial charge on any atom is 0.419 e. The molecule has 0 aromatic carbocycles. The Morgan fingerprint density at radius 1 is 1.06 bits per heavy atom. The lowest BCUT2D eigenvalue weighted by molar-refractivity contribution is -0.138. The zero-order chi connectivity index (χ0) is 23.5. The molecule has 1 aromatic rings. The van der Waals surface area contributed by atoms with Gasteiger partial charge < -0.3 is 19.4 Å². The van der Waals surface area contributed by atoms with E-state index in [0.29, 0.717) is 45.6 Å². The SMILES string of the molecule is CC(C)(C)OC(=O)N1CCC[C@H]1CCC(=O)N1CCN(c2ncc(C(F)(F)F)cn2)CC1. The van der Waals surface area contributed by atoms with Gasteiger partial charge in [0.2, 0.25) is 11.9 Å². The van der Waals surface area contributed by atoms with E-state index in [1.165, 1.54) is 0 Å². The van der Waals surface area contributed by atoms with Gasteiger partial charge >= 0.3 is 12.3 Å². The molecule has 2 aliphatic rings. The molecular weight excluding hydrogens is 427 g/mol. The molecule has 3 heterocycles. The van der Waals surface area contributed by atoms with Crippen molar-refractivity contribution < 1.29 is 27.5 Å². The predicted octanol–water partition coefficient (Wildman–Crippen LogP) is 3.32. The molecule has 1 aromatic heterocycles. The highest BCUT2D eigenvalue weighted by atomic mass is 19.4. The molecular formula is C21H30F3N5O3. The van der Waals surface area contributed by atoms with Gasteiger partial charge in [-0.2, -0.15) is 13.2 Å². The topological polar surface area (TPSA) is 78.9 Å². The number of rotatable bonds is 4. The fraction of sp³-hybridized carbons (Fsp3) is 0.714. The second-order valence-electron chi connectivity index (χ2n) is 9.15. The lowest BCUT2D eigenvalue weighted by atomic mass is 10.1. The van der Waals surface area contributed by atoms with Crippen molar-refractivity contribution >= 4 is 17.9 Å². The lowest BCUT2D eigenvalue weighted by Crippen LogP contribution is -2.49. The van der Waals surface area contributed by atoms with Crippen LogP contribution in [-0.4, -0.2) is 76.1 Å². The van der Waals surface area contributed by atoms with Gasteiger partial charge in [0.25, 0.3) is 0 Å². The van der Waals surface area contributed by atoms with Crippen molar-refractivity contribution in [3.8, 4) is 0 Å². The molecule has 0 bridgehead atoms. The van der Waals surface area contributed by atoms with Crippen molar-refractivity contribution in [3.05, 3.63) is 18.0 Å². The molecule has 11 heteroatoms. The highest BCUT2D eigenvalue weighted by Gasteiger charge is 2.34. The molecule has 0 saturated carbocycles. The monoisotopic (exact) mass is 457 g/mol. The van der Waals surface area contributed by atoms with Crippen molar-refractivity contribution in [2.45, 2.75) is 64.3 Å². The van der Waals surface area contributed by atoms with Crippen LogP contribution in [0.5, 0.6) is 0 Å². The van der Waals surface area contributed by atoms with Crippen molar-refractivity contribution in [2.24, 2.45) is 0 Å². The van der Waals surface area contributed by atoms with Gasteiger partial charge in [-0.25, -0.2) is 14.8 Å². The van der Waals surface area contributed by atoms with Gasteiger partial charge in [-0.3, -0.25) is 4.79 Å². The first kappa shape index (κ1) is 24.1. The summed E-state index contributed by atoms with van der Waals surface area (Å²) in [6, 6.07) is -0.00404. The highest BCUT2D eigenvalue weighted by molar-refractivity contribution is 5.76. The fourth-order valence-electron chi connectivity index (χ4n) is 3.93. The van der Waals surface area contributed by atoms with Gasteiger partial charge in [-0.1, -0.05) is 0 Å². The van der Waals surface area contributed by atoms with Crippen LogP contribution < -0.4 is 4.90 Å². The van der Waals surface area contributed by atoms with Crippen LogP contribution in [0, 0.1) is 0 Å². The van der Waals surface area contributed by atoms with Gasteiger partial charge in [0.05, 0.1) is 5.56 Å². The molecule has 0 aliphatic carbocycles. The molecule has 0 spiro atoms. The van der Waals surface area contributed by atoms with Crippen molar-refractivity contribution in [3.63, 3.8) is 0 Å². The Hall–Kier alpha value is -2.59.